The zero-order valence-corrected chi connectivity index (χ0v) is 13.9. The molecule has 0 amide bonds. The molecule has 0 aromatic heterocycles. The molecular formula is C20H14F6. The minimum Gasteiger partial charge on any atom is -0.203 e. The van der Waals surface area contributed by atoms with Crippen LogP contribution >= 0.6 is 0 Å². The number of benzene rings is 2. The van der Waals surface area contributed by atoms with Gasteiger partial charge in [-0.15, -0.1) is 0 Å². The molecule has 0 radical (unpaired) electrons. The van der Waals surface area contributed by atoms with Gasteiger partial charge in [0.25, 0.3) is 0 Å². The number of hydrogen-bond acceptors (Lipinski definition) is 0. The Labute approximate surface area is 146 Å². The zero-order valence-electron chi connectivity index (χ0n) is 13.9. The van der Waals surface area contributed by atoms with Crippen LogP contribution in [0.25, 0.3) is 11.1 Å². The highest BCUT2D eigenvalue weighted by molar-refractivity contribution is 5.86. The van der Waals surface area contributed by atoms with E-state index in [1.807, 2.05) is 0 Å². The van der Waals surface area contributed by atoms with Crippen molar-refractivity contribution in [3.63, 3.8) is 0 Å². The molecule has 3 rings (SSSR count). The fourth-order valence-electron chi connectivity index (χ4n) is 2.84. The number of halogens is 6. The standard InChI is InChI=1S/C20H14F6/c1-11-3-6-13(7-4-11)15-9-10-16(20(25,26)19(15,23)24)14-8-5-12(2)17(21)18(14)22/h3-10H,1-2H3. The van der Waals surface area contributed by atoms with Gasteiger partial charge in [0.05, 0.1) is 0 Å². The predicted molar refractivity (Wildman–Crippen MR) is 88.1 cm³/mol. The van der Waals surface area contributed by atoms with E-state index in [1.165, 1.54) is 31.2 Å². The largest absolute Gasteiger partial charge is 0.340 e. The molecule has 0 unspecified atom stereocenters. The molecule has 0 aliphatic heterocycles. The van der Waals surface area contributed by atoms with Crippen molar-refractivity contribution in [2.24, 2.45) is 0 Å². The van der Waals surface area contributed by atoms with Gasteiger partial charge in [-0.2, -0.15) is 17.6 Å². The fraction of sp³-hybridized carbons (Fsp3) is 0.200. The quantitative estimate of drug-likeness (QED) is 0.543. The van der Waals surface area contributed by atoms with E-state index in [0.717, 1.165) is 29.8 Å². The summed E-state index contributed by atoms with van der Waals surface area (Å²) in [6.07, 6.45) is 1.55. The molecule has 0 N–H and O–H groups in total. The zero-order chi connectivity index (χ0) is 19.3. The summed E-state index contributed by atoms with van der Waals surface area (Å²) in [7, 11) is 0. The average molecular weight is 368 g/mol. The Balaban J connectivity index is 2.20. The van der Waals surface area contributed by atoms with Crippen molar-refractivity contribution in [2.75, 3.05) is 0 Å². The van der Waals surface area contributed by atoms with Crippen LogP contribution < -0.4 is 0 Å². The van der Waals surface area contributed by atoms with Crippen LogP contribution in [0.2, 0.25) is 0 Å². The predicted octanol–water partition coefficient (Wildman–Crippen LogP) is 6.33. The monoisotopic (exact) mass is 368 g/mol. The number of rotatable bonds is 2. The molecule has 1 aliphatic rings. The van der Waals surface area contributed by atoms with E-state index in [-0.39, 0.29) is 11.1 Å². The Hall–Kier alpha value is -2.50. The third-order valence-electron chi connectivity index (χ3n) is 4.42. The summed E-state index contributed by atoms with van der Waals surface area (Å²) in [5.41, 5.74) is -2.39. The van der Waals surface area contributed by atoms with E-state index in [2.05, 4.69) is 0 Å². The molecule has 2 aromatic rings. The summed E-state index contributed by atoms with van der Waals surface area (Å²) >= 11 is 0. The molecule has 2 aromatic carbocycles. The lowest BCUT2D eigenvalue weighted by Gasteiger charge is -2.33. The highest BCUT2D eigenvalue weighted by Gasteiger charge is 2.62. The van der Waals surface area contributed by atoms with Gasteiger partial charge in [-0.1, -0.05) is 54.1 Å². The second-order valence-corrected chi connectivity index (χ2v) is 6.23. The third-order valence-corrected chi connectivity index (χ3v) is 4.42. The molecule has 0 heterocycles. The van der Waals surface area contributed by atoms with Gasteiger partial charge >= 0.3 is 11.8 Å². The van der Waals surface area contributed by atoms with Gasteiger partial charge in [0.15, 0.2) is 11.6 Å². The van der Waals surface area contributed by atoms with Crippen molar-refractivity contribution in [3.8, 4) is 0 Å². The van der Waals surface area contributed by atoms with Crippen LogP contribution in [-0.2, 0) is 0 Å². The van der Waals surface area contributed by atoms with Crippen molar-refractivity contribution >= 4 is 11.1 Å². The molecule has 1 aliphatic carbocycles. The lowest BCUT2D eigenvalue weighted by Crippen LogP contribution is -2.44. The van der Waals surface area contributed by atoms with E-state index in [9.17, 15) is 26.3 Å². The molecule has 0 bridgehead atoms. The van der Waals surface area contributed by atoms with Crippen LogP contribution in [0.15, 0.2) is 48.6 Å². The van der Waals surface area contributed by atoms with Crippen LogP contribution in [-0.4, -0.2) is 11.8 Å². The number of aryl methyl sites for hydroxylation is 2. The first-order chi connectivity index (χ1) is 12.1. The Bertz CT molecular complexity index is 920. The molecule has 0 fully saturated rings. The van der Waals surface area contributed by atoms with Crippen molar-refractivity contribution in [1.29, 1.82) is 0 Å². The second-order valence-electron chi connectivity index (χ2n) is 6.23. The van der Waals surface area contributed by atoms with Gasteiger partial charge in [0.1, 0.15) is 0 Å². The first kappa shape index (κ1) is 18.3. The molecule has 0 atom stereocenters. The van der Waals surface area contributed by atoms with Crippen LogP contribution in [0.5, 0.6) is 0 Å². The molecule has 6 heteroatoms. The maximum Gasteiger partial charge on any atom is 0.340 e. The number of allylic oxidation sites excluding steroid dienone is 4. The van der Waals surface area contributed by atoms with Crippen molar-refractivity contribution in [3.05, 3.63) is 82.4 Å². The van der Waals surface area contributed by atoms with Gasteiger partial charge in [-0.05, 0) is 25.0 Å². The minimum absolute atomic E-state index is 0.0638. The van der Waals surface area contributed by atoms with Crippen molar-refractivity contribution < 1.29 is 26.3 Å². The molecule has 0 nitrogen and oxygen atoms in total. The average Bonchev–Trinajstić information content (AvgIpc) is 2.57. The Morgan fingerprint density at radius 3 is 1.81 bits per heavy atom. The Kier molecular flexibility index (Phi) is 4.25. The van der Waals surface area contributed by atoms with Crippen LogP contribution in [0.1, 0.15) is 22.3 Å². The highest BCUT2D eigenvalue weighted by Crippen LogP contribution is 2.53. The maximum atomic E-state index is 14.6. The van der Waals surface area contributed by atoms with Crippen molar-refractivity contribution in [1.82, 2.24) is 0 Å². The summed E-state index contributed by atoms with van der Waals surface area (Å²) in [6, 6.07) is 7.64. The smallest absolute Gasteiger partial charge is 0.203 e. The molecule has 26 heavy (non-hydrogen) atoms. The molecular weight excluding hydrogens is 354 g/mol. The molecule has 0 spiro atoms. The molecule has 136 valence electrons. The summed E-state index contributed by atoms with van der Waals surface area (Å²) in [6.45, 7) is 2.98. The Morgan fingerprint density at radius 1 is 0.654 bits per heavy atom. The third kappa shape index (κ3) is 2.64. The number of alkyl halides is 4. The van der Waals surface area contributed by atoms with Crippen LogP contribution in [0, 0.1) is 25.5 Å². The summed E-state index contributed by atoms with van der Waals surface area (Å²) in [5, 5.41) is 0. The van der Waals surface area contributed by atoms with Crippen molar-refractivity contribution in [2.45, 2.75) is 25.7 Å². The molecule has 0 saturated carbocycles. The van der Waals surface area contributed by atoms with Crippen LogP contribution in [0.4, 0.5) is 26.3 Å². The van der Waals surface area contributed by atoms with Gasteiger partial charge in [-0.25, -0.2) is 8.78 Å². The number of hydrogen-bond donors (Lipinski definition) is 0. The topological polar surface area (TPSA) is 0 Å². The van der Waals surface area contributed by atoms with E-state index in [1.54, 1.807) is 6.92 Å². The van der Waals surface area contributed by atoms with E-state index >= 15 is 0 Å². The summed E-state index contributed by atoms with van der Waals surface area (Å²) in [4.78, 5) is 0. The second kappa shape index (κ2) is 6.04. The first-order valence-electron chi connectivity index (χ1n) is 7.78. The van der Waals surface area contributed by atoms with Gasteiger partial charge < -0.3 is 0 Å². The lowest BCUT2D eigenvalue weighted by atomic mass is 9.83. The van der Waals surface area contributed by atoms with Crippen LogP contribution in [0.3, 0.4) is 0 Å². The van der Waals surface area contributed by atoms with Gasteiger partial charge in [-0.3, -0.25) is 0 Å². The minimum atomic E-state index is -4.70. The fourth-order valence-corrected chi connectivity index (χ4v) is 2.84. The lowest BCUT2D eigenvalue weighted by molar-refractivity contribution is -0.133. The van der Waals surface area contributed by atoms with E-state index in [0.29, 0.717) is 0 Å². The SMILES string of the molecule is Cc1ccc(C2=CC=C(c3ccc(C)c(F)c3F)C(F)(F)C2(F)F)cc1. The van der Waals surface area contributed by atoms with E-state index < -0.39 is 40.2 Å². The van der Waals surface area contributed by atoms with E-state index in [4.69, 9.17) is 0 Å². The first-order valence-corrected chi connectivity index (χ1v) is 7.78. The summed E-state index contributed by atoms with van der Waals surface area (Å²) in [5.74, 6) is -12.2. The van der Waals surface area contributed by atoms with Gasteiger partial charge in [0.2, 0.25) is 0 Å². The maximum absolute atomic E-state index is 14.6. The Morgan fingerprint density at radius 2 is 1.19 bits per heavy atom. The normalized spacial score (nSPS) is 18.3. The molecule has 0 saturated heterocycles. The summed E-state index contributed by atoms with van der Waals surface area (Å²) < 4.78 is 86.2. The van der Waals surface area contributed by atoms with Gasteiger partial charge in [0, 0.05) is 16.7 Å². The highest BCUT2D eigenvalue weighted by atomic mass is 19.3.